The maximum Gasteiger partial charge on any atom is 0.228 e. The van der Waals surface area contributed by atoms with E-state index in [0.717, 1.165) is 24.8 Å². The Hall–Kier alpha value is -0.590. The third-order valence-electron chi connectivity index (χ3n) is 6.63. The fourth-order valence-corrected chi connectivity index (χ4v) is 4.44. The van der Waals surface area contributed by atoms with Crippen LogP contribution < -0.4 is 0 Å². The first-order valence-electron chi connectivity index (χ1n) is 14.4. The molecule has 0 unspecified atom stereocenters. The van der Waals surface area contributed by atoms with E-state index in [1.54, 1.807) is 0 Å². The monoisotopic (exact) mass is 433 g/mol. The molecule has 0 N–H and O–H groups in total. The average Bonchev–Trinajstić information content (AvgIpc) is 2.79. The Morgan fingerprint density at radius 2 is 0.806 bits per heavy atom. The number of hydrogen-bond donors (Lipinski definition) is 0. The number of carbonyl (C=O) groups excluding carboxylic acids is 1. The van der Waals surface area contributed by atoms with E-state index in [4.69, 9.17) is 0 Å². The number of allylic oxidation sites excluding steroid dienone is 2. The second-order valence-electron chi connectivity index (χ2n) is 9.79. The summed E-state index contributed by atoms with van der Waals surface area (Å²) in [5.41, 5.74) is 0.930. The van der Waals surface area contributed by atoms with Crippen molar-refractivity contribution in [2.75, 3.05) is 0 Å². The molecular formula is C30H57O. The molecule has 1 heteroatoms. The number of unbranched alkanes of at least 4 members (excludes halogenated alkanes) is 22. The van der Waals surface area contributed by atoms with Crippen molar-refractivity contribution in [2.24, 2.45) is 0 Å². The summed E-state index contributed by atoms with van der Waals surface area (Å²) in [6.45, 7) is 4.57. The van der Waals surface area contributed by atoms with E-state index in [9.17, 15) is 4.79 Å². The van der Waals surface area contributed by atoms with Crippen molar-refractivity contribution in [3.8, 4) is 0 Å². The molecule has 0 spiro atoms. The molecule has 0 aliphatic carbocycles. The number of hydrogen-bond acceptors (Lipinski definition) is 1. The minimum absolute atomic E-state index is 0.930. The van der Waals surface area contributed by atoms with Gasteiger partial charge in [0.25, 0.3) is 0 Å². The summed E-state index contributed by atoms with van der Waals surface area (Å²) < 4.78 is 0. The van der Waals surface area contributed by atoms with Gasteiger partial charge in [0.15, 0.2) is 0 Å². The Morgan fingerprint density at radius 3 is 1.16 bits per heavy atom. The Labute approximate surface area is 197 Å². The van der Waals surface area contributed by atoms with Gasteiger partial charge in [-0.05, 0) is 31.3 Å². The standard InChI is InChI=1S/C30H57O/c1-3-5-7-9-11-13-15-17-19-21-23-25-27-30(29-31)28-26-24-22-20-18-16-14-12-10-8-6-4-2/h27H,3-26,28H2,1-2H3. The summed E-state index contributed by atoms with van der Waals surface area (Å²) in [5, 5.41) is 0. The molecule has 0 amide bonds. The molecule has 0 aromatic heterocycles. The molecule has 0 bridgehead atoms. The van der Waals surface area contributed by atoms with Gasteiger partial charge in [0, 0.05) is 0 Å². The van der Waals surface area contributed by atoms with Crippen molar-refractivity contribution in [3.63, 3.8) is 0 Å². The summed E-state index contributed by atoms with van der Waals surface area (Å²) >= 11 is 0. The zero-order chi connectivity index (χ0) is 22.7. The summed E-state index contributed by atoms with van der Waals surface area (Å²) in [6.07, 6.45) is 38.0. The van der Waals surface area contributed by atoms with Crippen molar-refractivity contribution in [2.45, 2.75) is 174 Å². The highest BCUT2D eigenvalue weighted by atomic mass is 16.1. The Balaban J connectivity index is 3.37. The molecule has 0 heterocycles. The molecule has 0 saturated heterocycles. The largest absolute Gasteiger partial charge is 0.285 e. The van der Waals surface area contributed by atoms with Crippen LogP contribution in [0, 0.1) is 0 Å². The topological polar surface area (TPSA) is 17.1 Å². The Kier molecular flexibility index (Phi) is 26.9. The van der Waals surface area contributed by atoms with Crippen molar-refractivity contribution in [3.05, 3.63) is 11.6 Å². The second kappa shape index (κ2) is 27.4. The van der Waals surface area contributed by atoms with Crippen molar-refractivity contribution < 1.29 is 4.79 Å². The van der Waals surface area contributed by atoms with Crippen LogP contribution in [0.3, 0.4) is 0 Å². The van der Waals surface area contributed by atoms with Gasteiger partial charge < -0.3 is 0 Å². The highest BCUT2D eigenvalue weighted by Gasteiger charge is 1.99. The van der Waals surface area contributed by atoms with Crippen LogP contribution in [0.1, 0.15) is 174 Å². The molecule has 183 valence electrons. The molecule has 1 radical (unpaired) electrons. The van der Waals surface area contributed by atoms with E-state index < -0.39 is 0 Å². The Morgan fingerprint density at radius 1 is 0.484 bits per heavy atom. The van der Waals surface area contributed by atoms with Crippen molar-refractivity contribution >= 4 is 6.29 Å². The third-order valence-corrected chi connectivity index (χ3v) is 6.63. The van der Waals surface area contributed by atoms with Crippen LogP contribution in [-0.4, -0.2) is 6.29 Å². The molecule has 0 fully saturated rings. The smallest absolute Gasteiger partial charge is 0.228 e. The minimum atomic E-state index is 0.930. The van der Waals surface area contributed by atoms with Gasteiger partial charge in [-0.2, -0.15) is 0 Å². The van der Waals surface area contributed by atoms with Gasteiger partial charge in [0.1, 0.15) is 0 Å². The molecule has 0 saturated carbocycles. The van der Waals surface area contributed by atoms with E-state index in [0.29, 0.717) is 0 Å². The zero-order valence-electron chi connectivity index (χ0n) is 21.7. The summed E-state index contributed by atoms with van der Waals surface area (Å²) in [6, 6.07) is 0. The first-order chi connectivity index (χ1) is 15.3. The van der Waals surface area contributed by atoms with E-state index >= 15 is 0 Å². The van der Waals surface area contributed by atoms with Gasteiger partial charge in [-0.1, -0.05) is 155 Å². The van der Waals surface area contributed by atoms with Crippen LogP contribution in [0.25, 0.3) is 0 Å². The highest BCUT2D eigenvalue weighted by molar-refractivity contribution is 5.73. The average molecular weight is 434 g/mol. The predicted octanol–water partition coefficient (Wildman–Crippen LogP) is 10.8. The summed E-state index contributed by atoms with van der Waals surface area (Å²) in [5.74, 6) is 0. The maximum atomic E-state index is 11.2. The van der Waals surface area contributed by atoms with Crippen LogP contribution >= 0.6 is 0 Å². The fraction of sp³-hybridized carbons (Fsp3) is 0.900. The van der Waals surface area contributed by atoms with Gasteiger partial charge in [-0.15, -0.1) is 0 Å². The fourth-order valence-electron chi connectivity index (χ4n) is 4.44. The minimum Gasteiger partial charge on any atom is -0.285 e. The quantitative estimate of drug-likeness (QED) is 0.0978. The van der Waals surface area contributed by atoms with Gasteiger partial charge in [-0.3, -0.25) is 4.79 Å². The van der Waals surface area contributed by atoms with Crippen LogP contribution in [0.4, 0.5) is 0 Å². The molecule has 31 heavy (non-hydrogen) atoms. The van der Waals surface area contributed by atoms with Crippen LogP contribution in [0.15, 0.2) is 11.6 Å². The second-order valence-corrected chi connectivity index (χ2v) is 9.79. The lowest BCUT2D eigenvalue weighted by molar-refractivity contribution is 0.541. The maximum absolute atomic E-state index is 11.2. The number of rotatable bonds is 26. The molecule has 0 atom stereocenters. The highest BCUT2D eigenvalue weighted by Crippen LogP contribution is 2.15. The molecule has 0 aromatic rings. The summed E-state index contributed by atoms with van der Waals surface area (Å²) in [4.78, 5) is 11.2. The van der Waals surface area contributed by atoms with E-state index in [1.165, 1.54) is 141 Å². The normalized spacial score (nSPS) is 11.9. The zero-order valence-corrected chi connectivity index (χ0v) is 21.7. The van der Waals surface area contributed by atoms with Crippen molar-refractivity contribution in [1.82, 2.24) is 0 Å². The molecule has 0 aliphatic heterocycles. The lowest BCUT2D eigenvalue weighted by Crippen LogP contribution is -1.88. The van der Waals surface area contributed by atoms with E-state index in [1.807, 2.05) is 0 Å². The van der Waals surface area contributed by atoms with Gasteiger partial charge in [-0.25, -0.2) is 0 Å². The van der Waals surface area contributed by atoms with Gasteiger partial charge in [0.2, 0.25) is 6.29 Å². The van der Waals surface area contributed by atoms with Crippen LogP contribution in [0.2, 0.25) is 0 Å². The Bertz CT molecular complexity index is 371. The van der Waals surface area contributed by atoms with E-state index in [-0.39, 0.29) is 0 Å². The molecule has 0 aliphatic rings. The molecule has 0 rings (SSSR count). The van der Waals surface area contributed by atoms with Gasteiger partial charge in [0.05, 0.1) is 0 Å². The first-order valence-corrected chi connectivity index (χ1v) is 14.4. The molecule has 1 nitrogen and oxygen atoms in total. The third kappa shape index (κ3) is 25.5. The van der Waals surface area contributed by atoms with Gasteiger partial charge >= 0.3 is 0 Å². The van der Waals surface area contributed by atoms with E-state index in [2.05, 4.69) is 26.2 Å². The molecule has 0 aromatic carbocycles. The van der Waals surface area contributed by atoms with Crippen LogP contribution in [-0.2, 0) is 4.79 Å². The first kappa shape index (κ1) is 30.4. The summed E-state index contributed by atoms with van der Waals surface area (Å²) in [7, 11) is 0. The van der Waals surface area contributed by atoms with Crippen molar-refractivity contribution in [1.29, 1.82) is 0 Å². The lowest BCUT2D eigenvalue weighted by atomic mass is 10.0. The predicted molar refractivity (Wildman–Crippen MR) is 141 cm³/mol. The van der Waals surface area contributed by atoms with Crippen LogP contribution in [0.5, 0.6) is 0 Å². The molecular weight excluding hydrogens is 376 g/mol. The SMILES string of the molecule is CCCCCCCCCCCCCC=C([C]=O)CCCCCCCCCCCCCC. The lowest BCUT2D eigenvalue weighted by Gasteiger charge is -2.04.